The van der Waals surface area contributed by atoms with Crippen LogP contribution in [0, 0.1) is 0 Å². The van der Waals surface area contributed by atoms with Gasteiger partial charge in [-0.15, -0.1) is 0 Å². The van der Waals surface area contributed by atoms with Crippen molar-refractivity contribution in [1.82, 2.24) is 19.8 Å². The van der Waals surface area contributed by atoms with Gasteiger partial charge in [0, 0.05) is 54.9 Å². The van der Waals surface area contributed by atoms with Gasteiger partial charge in [0.05, 0.1) is 16.1 Å². The van der Waals surface area contributed by atoms with E-state index in [1.807, 2.05) is 36.4 Å². The number of pyridine rings is 1. The summed E-state index contributed by atoms with van der Waals surface area (Å²) in [6.45, 7) is 1.84. The third-order valence-corrected chi connectivity index (χ3v) is 7.37. The van der Waals surface area contributed by atoms with Gasteiger partial charge in [-0.25, -0.2) is 9.78 Å². The standard InChI is InChI=1S/C28H22Cl3F3N4O/c29-19-5-3-17(4-6-19)2-1-10-37-11-8-24-21(16-37)20-13-23(30)22(28(32,33)34)14-25(20)38(24)27(39)36-15-18-7-9-35-26(31)12-18/h1-7,9,12-14H,8,10-11,15-16H2,(H,36,39)/b2-1+. The van der Waals surface area contributed by atoms with Crippen molar-refractivity contribution in [1.29, 1.82) is 0 Å². The Bertz CT molecular complexity index is 1570. The van der Waals surface area contributed by atoms with Crippen LogP contribution in [0.5, 0.6) is 0 Å². The number of alkyl halides is 3. The molecule has 5 nitrogen and oxygen atoms in total. The van der Waals surface area contributed by atoms with Crippen LogP contribution in [0.2, 0.25) is 15.2 Å². The van der Waals surface area contributed by atoms with Crippen molar-refractivity contribution in [2.75, 3.05) is 13.1 Å². The summed E-state index contributed by atoms with van der Waals surface area (Å²) in [6.07, 6.45) is 1.34. The lowest BCUT2D eigenvalue weighted by molar-refractivity contribution is -0.137. The van der Waals surface area contributed by atoms with E-state index in [9.17, 15) is 18.0 Å². The molecule has 0 radical (unpaired) electrons. The molecule has 0 saturated heterocycles. The summed E-state index contributed by atoms with van der Waals surface area (Å²) in [4.78, 5) is 19.5. The van der Waals surface area contributed by atoms with Crippen LogP contribution < -0.4 is 5.32 Å². The number of aromatic nitrogens is 2. The number of halogens is 6. The molecule has 1 N–H and O–H groups in total. The zero-order valence-corrected chi connectivity index (χ0v) is 22.7. The van der Waals surface area contributed by atoms with E-state index >= 15 is 0 Å². The zero-order chi connectivity index (χ0) is 27.7. The first-order chi connectivity index (χ1) is 18.6. The van der Waals surface area contributed by atoms with Gasteiger partial charge in [-0.2, -0.15) is 13.2 Å². The number of amides is 1. The van der Waals surface area contributed by atoms with Gasteiger partial charge in [0.25, 0.3) is 0 Å². The number of benzene rings is 2. The van der Waals surface area contributed by atoms with Gasteiger partial charge in [-0.1, -0.05) is 59.1 Å². The predicted octanol–water partition coefficient (Wildman–Crippen LogP) is 7.84. The molecule has 11 heteroatoms. The van der Waals surface area contributed by atoms with Crippen LogP contribution in [0.4, 0.5) is 18.0 Å². The Morgan fingerprint density at radius 3 is 2.56 bits per heavy atom. The van der Waals surface area contributed by atoms with Crippen molar-refractivity contribution in [2.24, 2.45) is 0 Å². The lowest BCUT2D eigenvalue weighted by Gasteiger charge is -2.27. The average molecular weight is 594 g/mol. The van der Waals surface area contributed by atoms with Gasteiger partial charge < -0.3 is 5.32 Å². The van der Waals surface area contributed by atoms with E-state index in [0.717, 1.165) is 17.2 Å². The molecule has 39 heavy (non-hydrogen) atoms. The molecule has 0 unspecified atom stereocenters. The van der Waals surface area contributed by atoms with Crippen molar-refractivity contribution in [2.45, 2.75) is 25.7 Å². The Labute approximate surface area is 237 Å². The fourth-order valence-corrected chi connectivity index (χ4v) is 5.35. The number of nitrogens with one attached hydrogen (secondary N) is 1. The van der Waals surface area contributed by atoms with Crippen LogP contribution >= 0.6 is 34.8 Å². The highest BCUT2D eigenvalue weighted by Crippen LogP contribution is 2.40. The van der Waals surface area contributed by atoms with Crippen LogP contribution in [0.3, 0.4) is 0 Å². The first-order valence-corrected chi connectivity index (χ1v) is 13.2. The van der Waals surface area contributed by atoms with Crippen molar-refractivity contribution in [3.05, 3.63) is 104 Å². The molecule has 0 spiro atoms. The maximum absolute atomic E-state index is 13.7. The topological polar surface area (TPSA) is 50.2 Å². The highest BCUT2D eigenvalue weighted by atomic mass is 35.5. The van der Waals surface area contributed by atoms with E-state index in [1.165, 1.54) is 16.8 Å². The zero-order valence-electron chi connectivity index (χ0n) is 20.4. The van der Waals surface area contributed by atoms with Gasteiger partial charge in [-0.05, 0) is 53.1 Å². The summed E-state index contributed by atoms with van der Waals surface area (Å²) in [7, 11) is 0. The van der Waals surface area contributed by atoms with Crippen molar-refractivity contribution >= 4 is 57.8 Å². The molecule has 0 bridgehead atoms. The normalized spacial score (nSPS) is 14.2. The molecule has 0 aliphatic carbocycles. The Balaban J connectivity index is 1.46. The minimum atomic E-state index is -4.66. The monoisotopic (exact) mass is 592 g/mol. The van der Waals surface area contributed by atoms with Crippen molar-refractivity contribution in [3.63, 3.8) is 0 Å². The van der Waals surface area contributed by atoms with Gasteiger partial charge in [0.1, 0.15) is 5.15 Å². The number of carbonyl (C=O) groups excluding carboxylic acids is 1. The third-order valence-electron chi connectivity index (χ3n) is 6.60. The number of hydrogen-bond acceptors (Lipinski definition) is 3. The van der Waals surface area contributed by atoms with E-state index in [4.69, 9.17) is 34.8 Å². The van der Waals surface area contributed by atoms with Crippen LogP contribution in [-0.4, -0.2) is 33.6 Å². The Hall–Kier alpha value is -3.04. The molecule has 2 aromatic heterocycles. The van der Waals surface area contributed by atoms with E-state index in [1.54, 1.807) is 12.1 Å². The first kappa shape index (κ1) is 27.5. The molecule has 4 aromatic rings. The van der Waals surface area contributed by atoms with Crippen molar-refractivity contribution < 1.29 is 18.0 Å². The fraction of sp³-hybridized carbons (Fsp3) is 0.214. The largest absolute Gasteiger partial charge is 0.417 e. The Kier molecular flexibility index (Phi) is 7.91. The molecule has 1 aliphatic rings. The molecule has 5 rings (SSSR count). The number of rotatable bonds is 5. The SMILES string of the molecule is O=C(NCc1ccnc(Cl)c1)n1c2c(c3cc(Cl)c(C(F)(F)F)cc31)CN(C/C=C/c1ccc(Cl)cc1)CC2. The molecule has 3 heterocycles. The average Bonchev–Trinajstić information content (AvgIpc) is 3.20. The summed E-state index contributed by atoms with van der Waals surface area (Å²) in [5.74, 6) is 0. The molecule has 2 aromatic carbocycles. The summed E-state index contributed by atoms with van der Waals surface area (Å²) in [5, 5.41) is 3.86. The Morgan fingerprint density at radius 2 is 1.85 bits per heavy atom. The van der Waals surface area contributed by atoms with Gasteiger partial charge in [-0.3, -0.25) is 9.47 Å². The van der Waals surface area contributed by atoms with Crippen LogP contribution in [0.1, 0.15) is 27.9 Å². The highest BCUT2D eigenvalue weighted by Gasteiger charge is 2.35. The second kappa shape index (κ2) is 11.2. The number of nitrogens with zero attached hydrogens (tertiary/aromatic N) is 3. The van der Waals surface area contributed by atoms with Gasteiger partial charge >= 0.3 is 12.2 Å². The maximum atomic E-state index is 13.7. The minimum absolute atomic E-state index is 0.136. The van der Waals surface area contributed by atoms with E-state index in [-0.39, 0.29) is 17.2 Å². The second-order valence-corrected chi connectivity index (χ2v) is 10.4. The fourth-order valence-electron chi connectivity index (χ4n) is 4.76. The summed E-state index contributed by atoms with van der Waals surface area (Å²) in [6, 6.07) is 12.5. The summed E-state index contributed by atoms with van der Waals surface area (Å²) < 4.78 is 42.5. The molecule has 0 fully saturated rings. The molecule has 202 valence electrons. The van der Waals surface area contributed by atoms with Crippen LogP contribution in [0.25, 0.3) is 17.0 Å². The number of fused-ring (bicyclic) bond motifs is 3. The van der Waals surface area contributed by atoms with E-state index < -0.39 is 22.8 Å². The van der Waals surface area contributed by atoms with E-state index in [0.29, 0.717) is 47.7 Å². The number of hydrogen-bond donors (Lipinski definition) is 1. The molecular formula is C28H22Cl3F3N4O. The van der Waals surface area contributed by atoms with Gasteiger partial charge in [0.15, 0.2) is 0 Å². The molecule has 0 saturated carbocycles. The maximum Gasteiger partial charge on any atom is 0.417 e. The second-order valence-electron chi connectivity index (χ2n) is 9.19. The van der Waals surface area contributed by atoms with Crippen LogP contribution in [0.15, 0.2) is 60.8 Å². The predicted molar refractivity (Wildman–Crippen MR) is 148 cm³/mol. The highest BCUT2D eigenvalue weighted by molar-refractivity contribution is 6.32. The molecule has 1 aliphatic heterocycles. The smallest absolute Gasteiger partial charge is 0.333 e. The van der Waals surface area contributed by atoms with Crippen molar-refractivity contribution in [3.8, 4) is 0 Å². The summed E-state index contributed by atoms with van der Waals surface area (Å²) in [5.41, 5.74) is 2.36. The Morgan fingerprint density at radius 1 is 1.08 bits per heavy atom. The molecular weight excluding hydrogens is 572 g/mol. The number of carbonyl (C=O) groups is 1. The summed E-state index contributed by atoms with van der Waals surface area (Å²) >= 11 is 18.0. The quantitative estimate of drug-likeness (QED) is 0.240. The van der Waals surface area contributed by atoms with Crippen LogP contribution in [-0.2, 0) is 25.7 Å². The molecule has 1 amide bonds. The van der Waals surface area contributed by atoms with E-state index in [2.05, 4.69) is 15.2 Å². The first-order valence-electron chi connectivity index (χ1n) is 12.1. The minimum Gasteiger partial charge on any atom is -0.333 e. The van der Waals surface area contributed by atoms with Gasteiger partial charge in [0.2, 0.25) is 0 Å². The molecule has 0 atom stereocenters. The third kappa shape index (κ3) is 6.09. The lowest BCUT2D eigenvalue weighted by Crippen LogP contribution is -2.34. The lowest BCUT2D eigenvalue weighted by atomic mass is 10.0.